The summed E-state index contributed by atoms with van der Waals surface area (Å²) in [4.78, 5) is 13.5. The minimum absolute atomic E-state index is 0.353. The third kappa shape index (κ3) is 4.47. The summed E-state index contributed by atoms with van der Waals surface area (Å²) in [5.74, 6) is 2.32. The van der Waals surface area contributed by atoms with Crippen LogP contribution in [0.3, 0.4) is 0 Å². The topological polar surface area (TPSA) is 70.2 Å². The Morgan fingerprint density at radius 2 is 2.06 bits per heavy atom. The Hall–Kier alpha value is -2.58. The number of hydrogen-bond donors (Lipinski definition) is 0. The zero-order chi connectivity index (χ0) is 21.9. The van der Waals surface area contributed by atoms with Crippen LogP contribution in [0, 0.1) is 0 Å². The molecule has 0 amide bonds. The van der Waals surface area contributed by atoms with Crippen LogP contribution < -0.4 is 10.4 Å². The van der Waals surface area contributed by atoms with E-state index in [2.05, 4.69) is 32.3 Å². The van der Waals surface area contributed by atoms with Gasteiger partial charge in [-0.25, -0.2) is 4.79 Å². The number of nitrogens with zero attached hydrogens (tertiary/aromatic N) is 3. The number of thiophene rings is 1. The fourth-order valence-electron chi connectivity index (χ4n) is 4.40. The summed E-state index contributed by atoms with van der Waals surface area (Å²) in [6.45, 7) is 0. The minimum Gasteiger partial charge on any atom is -0.497 e. The molecular weight excluding hydrogens is 442 g/mol. The fraction of sp³-hybridized carbons (Fsp3) is 0.375. The molecule has 0 radical (unpaired) electrons. The number of rotatable bonds is 7. The maximum absolute atomic E-state index is 12.2. The number of benzene rings is 1. The Bertz CT molecular complexity index is 1260. The van der Waals surface area contributed by atoms with Gasteiger partial charge in [0, 0.05) is 40.6 Å². The van der Waals surface area contributed by atoms with Gasteiger partial charge in [-0.1, -0.05) is 37.1 Å². The molecule has 1 saturated carbocycles. The molecule has 0 spiro atoms. The quantitative estimate of drug-likeness (QED) is 0.251. The summed E-state index contributed by atoms with van der Waals surface area (Å²) >= 11 is 3.40. The second-order valence-electron chi connectivity index (χ2n) is 8.06. The van der Waals surface area contributed by atoms with E-state index in [0.717, 1.165) is 28.4 Å². The highest BCUT2D eigenvalue weighted by Crippen LogP contribution is 2.35. The van der Waals surface area contributed by atoms with Crippen LogP contribution in [0.1, 0.15) is 54.4 Å². The Morgan fingerprint density at radius 3 is 2.84 bits per heavy atom. The number of thioether (sulfide) groups is 1. The van der Waals surface area contributed by atoms with Crippen LogP contribution in [-0.2, 0) is 12.2 Å². The second kappa shape index (κ2) is 9.50. The molecule has 3 aromatic heterocycles. The van der Waals surface area contributed by atoms with E-state index in [1.807, 2.05) is 12.1 Å². The predicted molar refractivity (Wildman–Crippen MR) is 128 cm³/mol. The van der Waals surface area contributed by atoms with Crippen molar-refractivity contribution in [1.82, 2.24) is 14.8 Å². The lowest BCUT2D eigenvalue weighted by atomic mass is 9.95. The first-order chi connectivity index (χ1) is 15.7. The lowest BCUT2D eigenvalue weighted by molar-refractivity contribution is 0.330. The smallest absolute Gasteiger partial charge is 0.336 e. The van der Waals surface area contributed by atoms with Crippen molar-refractivity contribution >= 4 is 34.1 Å². The van der Waals surface area contributed by atoms with Crippen molar-refractivity contribution < 1.29 is 9.15 Å². The molecule has 8 heteroatoms. The van der Waals surface area contributed by atoms with E-state index in [0.29, 0.717) is 23.1 Å². The molecule has 0 unspecified atom stereocenters. The molecule has 32 heavy (non-hydrogen) atoms. The molecule has 5 rings (SSSR count). The van der Waals surface area contributed by atoms with Crippen molar-refractivity contribution in [2.45, 2.75) is 55.5 Å². The molecule has 0 bridgehead atoms. The van der Waals surface area contributed by atoms with E-state index in [9.17, 15) is 4.79 Å². The van der Waals surface area contributed by atoms with Gasteiger partial charge in [-0.2, -0.15) is 0 Å². The SMILES string of the molecule is COc1ccc2c(CSc3nnc(Cc4cccs4)n3C3CCCCC3)cc(=O)oc2c1. The normalized spacial score (nSPS) is 14.8. The summed E-state index contributed by atoms with van der Waals surface area (Å²) in [6.07, 6.45) is 6.94. The van der Waals surface area contributed by atoms with Crippen LogP contribution in [0.25, 0.3) is 11.0 Å². The summed E-state index contributed by atoms with van der Waals surface area (Å²) in [6, 6.07) is 11.8. The molecule has 0 atom stereocenters. The Labute approximate surface area is 194 Å². The molecule has 1 aliphatic carbocycles. The van der Waals surface area contributed by atoms with E-state index in [1.54, 1.807) is 42.3 Å². The summed E-state index contributed by atoms with van der Waals surface area (Å²) in [5.41, 5.74) is 1.12. The average Bonchev–Trinajstić information content (AvgIpc) is 3.47. The molecule has 6 nitrogen and oxygen atoms in total. The first-order valence-corrected chi connectivity index (χ1v) is 12.8. The monoisotopic (exact) mass is 467 g/mol. The van der Waals surface area contributed by atoms with E-state index in [4.69, 9.17) is 9.15 Å². The minimum atomic E-state index is -0.353. The second-order valence-corrected chi connectivity index (χ2v) is 10.0. The van der Waals surface area contributed by atoms with Gasteiger partial charge in [0.15, 0.2) is 5.16 Å². The van der Waals surface area contributed by atoms with Gasteiger partial charge in [-0.15, -0.1) is 21.5 Å². The van der Waals surface area contributed by atoms with Crippen molar-refractivity contribution in [3.8, 4) is 5.75 Å². The molecular formula is C24H25N3O3S2. The standard InChI is InChI=1S/C24H25N3O3S2/c1-29-18-9-10-20-16(12-23(28)30-21(20)13-18)15-32-24-26-25-22(14-19-8-5-11-31-19)27(24)17-6-3-2-4-7-17/h5,8-13,17H,2-4,6-7,14-15H2,1H3. The molecule has 166 valence electrons. The van der Waals surface area contributed by atoms with Crippen LogP contribution >= 0.6 is 23.1 Å². The number of fused-ring (bicyclic) bond motifs is 1. The van der Waals surface area contributed by atoms with E-state index in [-0.39, 0.29) is 5.63 Å². The number of methoxy groups -OCH3 is 1. The molecule has 0 aliphatic heterocycles. The largest absolute Gasteiger partial charge is 0.497 e. The highest BCUT2D eigenvalue weighted by molar-refractivity contribution is 7.98. The van der Waals surface area contributed by atoms with Crippen LogP contribution in [0.5, 0.6) is 5.75 Å². The van der Waals surface area contributed by atoms with Crippen LogP contribution in [0.15, 0.2) is 56.1 Å². The molecule has 0 saturated heterocycles. The number of aromatic nitrogens is 3. The Balaban J connectivity index is 1.45. The van der Waals surface area contributed by atoms with Gasteiger partial charge < -0.3 is 13.7 Å². The fourth-order valence-corrected chi connectivity index (χ4v) is 6.12. The third-order valence-electron chi connectivity index (χ3n) is 5.98. The highest BCUT2D eigenvalue weighted by Gasteiger charge is 2.23. The van der Waals surface area contributed by atoms with Crippen LogP contribution in [0.4, 0.5) is 0 Å². The van der Waals surface area contributed by atoms with E-state index >= 15 is 0 Å². The molecule has 4 aromatic rings. The van der Waals surface area contributed by atoms with Crippen molar-refractivity contribution in [2.24, 2.45) is 0 Å². The first-order valence-electron chi connectivity index (χ1n) is 10.9. The summed E-state index contributed by atoms with van der Waals surface area (Å²) in [5, 5.41) is 13.1. The highest BCUT2D eigenvalue weighted by atomic mass is 32.2. The lowest BCUT2D eigenvalue weighted by Gasteiger charge is -2.25. The van der Waals surface area contributed by atoms with Crippen LogP contribution in [0.2, 0.25) is 0 Å². The van der Waals surface area contributed by atoms with E-state index in [1.165, 1.54) is 37.0 Å². The van der Waals surface area contributed by atoms with E-state index < -0.39 is 0 Å². The van der Waals surface area contributed by atoms with Gasteiger partial charge >= 0.3 is 5.63 Å². The Kier molecular flexibility index (Phi) is 6.32. The predicted octanol–water partition coefficient (Wildman–Crippen LogP) is 5.84. The first kappa shape index (κ1) is 21.3. The summed E-state index contributed by atoms with van der Waals surface area (Å²) < 4.78 is 13.0. The zero-order valence-electron chi connectivity index (χ0n) is 18.0. The maximum atomic E-state index is 12.2. The maximum Gasteiger partial charge on any atom is 0.336 e. The Morgan fingerprint density at radius 1 is 1.19 bits per heavy atom. The van der Waals surface area contributed by atoms with Gasteiger partial charge in [0.2, 0.25) is 0 Å². The third-order valence-corrected chi connectivity index (χ3v) is 7.85. The van der Waals surface area contributed by atoms with Crippen molar-refractivity contribution in [3.63, 3.8) is 0 Å². The number of ether oxygens (including phenoxy) is 1. The molecule has 3 heterocycles. The molecule has 1 fully saturated rings. The molecule has 1 aliphatic rings. The van der Waals surface area contributed by atoms with Gasteiger partial charge in [-0.05, 0) is 42.0 Å². The van der Waals surface area contributed by atoms with Crippen molar-refractivity contribution in [3.05, 3.63) is 68.5 Å². The van der Waals surface area contributed by atoms with Crippen molar-refractivity contribution in [2.75, 3.05) is 7.11 Å². The van der Waals surface area contributed by atoms with Crippen LogP contribution in [-0.4, -0.2) is 21.9 Å². The summed E-state index contributed by atoms with van der Waals surface area (Å²) in [7, 11) is 1.60. The molecule has 0 N–H and O–H groups in total. The molecule has 1 aromatic carbocycles. The van der Waals surface area contributed by atoms with Gasteiger partial charge in [-0.3, -0.25) is 0 Å². The van der Waals surface area contributed by atoms with Gasteiger partial charge in [0.25, 0.3) is 0 Å². The number of hydrogen-bond acceptors (Lipinski definition) is 7. The zero-order valence-corrected chi connectivity index (χ0v) is 19.6. The average molecular weight is 468 g/mol. The van der Waals surface area contributed by atoms with Gasteiger partial charge in [0.1, 0.15) is 17.2 Å². The van der Waals surface area contributed by atoms with Crippen molar-refractivity contribution in [1.29, 1.82) is 0 Å². The lowest BCUT2D eigenvalue weighted by Crippen LogP contribution is -2.16. The van der Waals surface area contributed by atoms with Gasteiger partial charge in [0.05, 0.1) is 7.11 Å².